The predicted molar refractivity (Wildman–Crippen MR) is 90.1 cm³/mol. The largest absolute Gasteiger partial charge is 0.341 e. The Balaban J connectivity index is 1.53. The van der Waals surface area contributed by atoms with E-state index >= 15 is 0 Å². The minimum atomic E-state index is -3.33. The molecule has 126 valence electrons. The molecule has 1 aromatic carbocycles. The van der Waals surface area contributed by atoms with Crippen LogP contribution in [0, 0.1) is 5.92 Å². The lowest BCUT2D eigenvalue weighted by Gasteiger charge is -2.16. The number of para-hydroxylation sites is 2. The van der Waals surface area contributed by atoms with Crippen molar-refractivity contribution in [2.75, 3.05) is 33.7 Å². The molecule has 7 nitrogen and oxygen atoms in total. The first kappa shape index (κ1) is 16.4. The molecule has 1 aliphatic heterocycles. The summed E-state index contributed by atoms with van der Waals surface area (Å²) in [7, 11) is -0.268. The molecule has 23 heavy (non-hydrogen) atoms. The lowest BCUT2D eigenvalue weighted by Crippen LogP contribution is -2.38. The van der Waals surface area contributed by atoms with Gasteiger partial charge in [0.1, 0.15) is 5.82 Å². The molecule has 1 atom stereocenters. The first-order valence-electron chi connectivity index (χ1n) is 7.77. The second kappa shape index (κ2) is 6.56. The van der Waals surface area contributed by atoms with Gasteiger partial charge in [0.15, 0.2) is 0 Å². The van der Waals surface area contributed by atoms with Crippen LogP contribution in [0.25, 0.3) is 11.0 Å². The number of hydrogen-bond acceptors (Lipinski definition) is 4. The van der Waals surface area contributed by atoms with Gasteiger partial charge in [-0.3, -0.25) is 4.90 Å². The Kier molecular flexibility index (Phi) is 4.67. The normalized spacial score (nSPS) is 19.9. The molecule has 8 heteroatoms. The Morgan fingerprint density at radius 1 is 1.39 bits per heavy atom. The maximum atomic E-state index is 11.7. The van der Waals surface area contributed by atoms with Gasteiger partial charge in [0.25, 0.3) is 10.2 Å². The van der Waals surface area contributed by atoms with E-state index in [1.54, 1.807) is 0 Å². The Morgan fingerprint density at radius 3 is 2.91 bits per heavy atom. The molecule has 3 rings (SSSR count). The number of likely N-dealkylation sites (tertiary alicyclic amines) is 1. The summed E-state index contributed by atoms with van der Waals surface area (Å²) in [5.74, 6) is 1.30. The van der Waals surface area contributed by atoms with Gasteiger partial charge in [0.05, 0.1) is 17.6 Å². The van der Waals surface area contributed by atoms with Crippen LogP contribution in [0.3, 0.4) is 0 Å². The average Bonchev–Trinajstić information content (AvgIpc) is 3.11. The van der Waals surface area contributed by atoms with Gasteiger partial charge in [0.2, 0.25) is 0 Å². The summed E-state index contributed by atoms with van der Waals surface area (Å²) in [6.45, 7) is 3.10. The lowest BCUT2D eigenvalue weighted by atomic mass is 10.1. The number of nitrogens with zero attached hydrogens (tertiary/aromatic N) is 3. The molecular weight excluding hydrogens is 314 g/mol. The van der Waals surface area contributed by atoms with Crippen molar-refractivity contribution in [3.8, 4) is 0 Å². The molecule has 1 saturated heterocycles. The van der Waals surface area contributed by atoms with E-state index in [0.717, 1.165) is 42.9 Å². The van der Waals surface area contributed by atoms with Crippen LogP contribution >= 0.6 is 0 Å². The van der Waals surface area contributed by atoms with E-state index in [1.165, 1.54) is 18.4 Å². The molecule has 1 fully saturated rings. The summed E-state index contributed by atoms with van der Waals surface area (Å²) in [5, 5.41) is 0. The van der Waals surface area contributed by atoms with Crippen molar-refractivity contribution >= 4 is 21.2 Å². The van der Waals surface area contributed by atoms with E-state index in [4.69, 9.17) is 0 Å². The van der Waals surface area contributed by atoms with Crippen molar-refractivity contribution in [1.29, 1.82) is 0 Å². The molecular formula is C15H23N5O2S. The lowest BCUT2D eigenvalue weighted by molar-refractivity contribution is 0.309. The van der Waals surface area contributed by atoms with Crippen LogP contribution in [0.4, 0.5) is 0 Å². The molecule has 2 heterocycles. The van der Waals surface area contributed by atoms with E-state index in [2.05, 4.69) is 19.6 Å². The molecule has 0 bridgehead atoms. The number of nitrogens with one attached hydrogen (secondary N) is 2. The van der Waals surface area contributed by atoms with Crippen LogP contribution in [0.2, 0.25) is 0 Å². The second-order valence-corrected chi connectivity index (χ2v) is 8.20. The van der Waals surface area contributed by atoms with Gasteiger partial charge in [-0.05, 0) is 31.0 Å². The van der Waals surface area contributed by atoms with E-state index in [9.17, 15) is 8.42 Å². The molecule has 1 aromatic heterocycles. The first-order valence-corrected chi connectivity index (χ1v) is 9.21. The number of imidazole rings is 1. The Hall–Kier alpha value is -1.48. The topological polar surface area (TPSA) is 81.3 Å². The maximum absolute atomic E-state index is 11.7. The van der Waals surface area contributed by atoms with Gasteiger partial charge in [-0.2, -0.15) is 12.7 Å². The third kappa shape index (κ3) is 3.89. The molecule has 0 aliphatic carbocycles. The molecule has 2 N–H and O–H groups in total. The number of rotatable bonds is 6. The van der Waals surface area contributed by atoms with Gasteiger partial charge < -0.3 is 4.98 Å². The van der Waals surface area contributed by atoms with Crippen LogP contribution in [0.1, 0.15) is 12.2 Å². The van der Waals surface area contributed by atoms with Gasteiger partial charge in [-0.15, -0.1) is 0 Å². The van der Waals surface area contributed by atoms with Gasteiger partial charge in [-0.25, -0.2) is 9.71 Å². The third-order valence-electron chi connectivity index (χ3n) is 4.22. The van der Waals surface area contributed by atoms with E-state index in [-0.39, 0.29) is 0 Å². The van der Waals surface area contributed by atoms with Crippen molar-refractivity contribution in [3.63, 3.8) is 0 Å². The number of aromatic amines is 1. The standard InChI is InChI=1S/C15H23N5O2S/c1-19(2)23(21,22)16-9-12-7-8-20(10-12)11-15-17-13-5-3-4-6-14(13)18-15/h3-6,12,16H,7-11H2,1-2H3,(H,17,18)/t12-/m1/s1. The highest BCUT2D eigenvalue weighted by Crippen LogP contribution is 2.19. The van der Waals surface area contributed by atoms with E-state index in [0.29, 0.717) is 12.5 Å². The van der Waals surface area contributed by atoms with Crippen molar-refractivity contribution in [1.82, 2.24) is 23.9 Å². The van der Waals surface area contributed by atoms with Crippen molar-refractivity contribution in [2.24, 2.45) is 5.92 Å². The molecule has 0 saturated carbocycles. The van der Waals surface area contributed by atoms with E-state index < -0.39 is 10.2 Å². The van der Waals surface area contributed by atoms with Crippen LogP contribution < -0.4 is 4.72 Å². The number of benzene rings is 1. The number of fused-ring (bicyclic) bond motifs is 1. The van der Waals surface area contributed by atoms with Gasteiger partial charge in [0, 0.05) is 27.2 Å². The van der Waals surface area contributed by atoms with Crippen LogP contribution in [-0.2, 0) is 16.8 Å². The zero-order valence-corrected chi connectivity index (χ0v) is 14.3. The molecule has 1 aliphatic rings. The minimum Gasteiger partial charge on any atom is -0.341 e. The quantitative estimate of drug-likeness (QED) is 0.816. The van der Waals surface area contributed by atoms with Crippen molar-refractivity contribution in [3.05, 3.63) is 30.1 Å². The number of hydrogen-bond donors (Lipinski definition) is 2. The highest BCUT2D eigenvalue weighted by Gasteiger charge is 2.25. The summed E-state index contributed by atoms with van der Waals surface area (Å²) in [6.07, 6.45) is 0.996. The molecule has 2 aromatic rings. The van der Waals surface area contributed by atoms with Gasteiger partial charge in [-0.1, -0.05) is 12.1 Å². The van der Waals surface area contributed by atoms with Crippen molar-refractivity contribution in [2.45, 2.75) is 13.0 Å². The average molecular weight is 337 g/mol. The van der Waals surface area contributed by atoms with Crippen LogP contribution in [0.5, 0.6) is 0 Å². The molecule has 0 spiro atoms. The molecule has 0 unspecified atom stereocenters. The summed E-state index contributed by atoms with van der Waals surface area (Å²) < 4.78 is 27.3. The zero-order valence-electron chi connectivity index (χ0n) is 13.5. The monoisotopic (exact) mass is 337 g/mol. The summed E-state index contributed by atoms with van der Waals surface area (Å²) in [4.78, 5) is 10.2. The Morgan fingerprint density at radius 2 is 2.17 bits per heavy atom. The summed E-state index contributed by atoms with van der Waals surface area (Å²) >= 11 is 0. The minimum absolute atomic E-state index is 0.342. The second-order valence-electron chi connectivity index (χ2n) is 6.23. The molecule has 0 amide bonds. The zero-order chi connectivity index (χ0) is 16.4. The third-order valence-corrected chi connectivity index (χ3v) is 5.71. The number of H-pyrrole nitrogens is 1. The highest BCUT2D eigenvalue weighted by atomic mass is 32.2. The highest BCUT2D eigenvalue weighted by molar-refractivity contribution is 7.87. The van der Waals surface area contributed by atoms with E-state index in [1.807, 2.05) is 24.3 Å². The number of aromatic nitrogens is 2. The Bertz CT molecular complexity index is 738. The van der Waals surface area contributed by atoms with Crippen molar-refractivity contribution < 1.29 is 8.42 Å². The fourth-order valence-corrected chi connectivity index (χ4v) is 3.57. The first-order chi connectivity index (χ1) is 10.9. The predicted octanol–water partition coefficient (Wildman–Crippen LogP) is 0.781. The fourth-order valence-electron chi connectivity index (χ4n) is 2.87. The fraction of sp³-hybridized carbons (Fsp3) is 0.533. The van der Waals surface area contributed by atoms with Gasteiger partial charge >= 0.3 is 0 Å². The SMILES string of the molecule is CN(C)S(=O)(=O)NC[C@H]1CCN(Cc2nc3ccccc3[nH]2)C1. The Labute approximate surface area is 136 Å². The molecule has 0 radical (unpaired) electrons. The summed E-state index contributed by atoms with van der Waals surface area (Å²) in [5.41, 5.74) is 2.04. The smallest absolute Gasteiger partial charge is 0.278 e. The maximum Gasteiger partial charge on any atom is 0.278 e. The van der Waals surface area contributed by atoms with Crippen LogP contribution in [0.15, 0.2) is 24.3 Å². The van der Waals surface area contributed by atoms with Crippen LogP contribution in [-0.4, -0.2) is 61.3 Å². The summed E-state index contributed by atoms with van der Waals surface area (Å²) in [6, 6.07) is 8.00.